The Hall–Kier alpha value is -2.43. The van der Waals surface area contributed by atoms with E-state index >= 15 is 0 Å². The molecule has 172 valence electrons. The van der Waals surface area contributed by atoms with E-state index in [1.165, 1.54) is 11.8 Å². The summed E-state index contributed by atoms with van der Waals surface area (Å²) >= 11 is 7.57. The van der Waals surface area contributed by atoms with Gasteiger partial charge in [0.2, 0.25) is 0 Å². The molecule has 0 saturated carbocycles. The molecule has 1 aromatic carbocycles. The lowest BCUT2D eigenvalue weighted by molar-refractivity contribution is 0.113. The second-order valence-corrected chi connectivity index (χ2v) is 10.0. The quantitative estimate of drug-likeness (QED) is 0.377. The minimum Gasteiger partial charge on any atom is -0.508 e. The predicted molar refractivity (Wildman–Crippen MR) is 127 cm³/mol. The molecule has 0 unspecified atom stereocenters. The topological polar surface area (TPSA) is 143 Å². The Kier molecular flexibility index (Phi) is 5.70. The van der Waals surface area contributed by atoms with E-state index in [-0.39, 0.29) is 23.6 Å². The summed E-state index contributed by atoms with van der Waals surface area (Å²) in [5, 5.41) is 25.5. The van der Waals surface area contributed by atoms with E-state index in [1.807, 2.05) is 12.1 Å². The number of benzene rings is 1. The number of nitrogens with one attached hydrogen (secondary N) is 1. The van der Waals surface area contributed by atoms with Crippen molar-refractivity contribution in [1.29, 1.82) is 0 Å². The molecule has 3 aromatic rings. The van der Waals surface area contributed by atoms with Gasteiger partial charge in [0.25, 0.3) is 0 Å². The van der Waals surface area contributed by atoms with Gasteiger partial charge in [0.1, 0.15) is 16.6 Å². The third-order valence-electron chi connectivity index (χ3n) is 6.89. The number of fused-ring (bicyclic) bond motifs is 1. The van der Waals surface area contributed by atoms with Crippen molar-refractivity contribution < 1.29 is 10.2 Å². The third-order valence-corrected chi connectivity index (χ3v) is 8.37. The maximum Gasteiger partial charge on any atom is 0.143 e. The lowest BCUT2D eigenvalue weighted by atomic mass is 9.63. The molecule has 2 aromatic heterocycles. The second-order valence-electron chi connectivity index (χ2n) is 8.60. The van der Waals surface area contributed by atoms with Crippen molar-refractivity contribution >= 4 is 29.2 Å². The summed E-state index contributed by atoms with van der Waals surface area (Å²) in [6.07, 6.45) is 5.60. The Labute approximate surface area is 200 Å². The number of hydrogen-bond acceptors (Lipinski definition) is 9. The predicted octanol–water partition coefficient (Wildman–Crippen LogP) is 2.58. The highest BCUT2D eigenvalue weighted by Gasteiger charge is 2.59. The highest BCUT2D eigenvalue weighted by molar-refractivity contribution is 7.99. The zero-order chi connectivity index (χ0) is 23.2. The molecule has 10 heteroatoms. The van der Waals surface area contributed by atoms with Crippen LogP contribution in [0.3, 0.4) is 0 Å². The molecule has 1 saturated heterocycles. The number of nitrogens with zero attached hydrogens (tertiary/aromatic N) is 3. The molecule has 1 aliphatic heterocycles. The van der Waals surface area contributed by atoms with Crippen molar-refractivity contribution in [2.45, 2.75) is 41.3 Å². The average molecular weight is 485 g/mol. The first-order chi connectivity index (χ1) is 15.9. The summed E-state index contributed by atoms with van der Waals surface area (Å²) in [5.41, 5.74) is 14.2. The summed E-state index contributed by atoms with van der Waals surface area (Å²) in [4.78, 5) is 14.1. The highest BCUT2D eigenvalue weighted by atomic mass is 35.5. The number of halogens is 1. The van der Waals surface area contributed by atoms with Crippen LogP contribution in [0.1, 0.15) is 35.4 Å². The Bertz CT molecular complexity index is 1220. The number of aromatic hydroxyl groups is 1. The van der Waals surface area contributed by atoms with Crippen molar-refractivity contribution in [3.05, 3.63) is 64.2 Å². The number of rotatable bonds is 4. The van der Waals surface area contributed by atoms with Gasteiger partial charge >= 0.3 is 0 Å². The highest BCUT2D eigenvalue weighted by Crippen LogP contribution is 2.58. The number of aliphatic hydroxyl groups excluding tert-OH is 1. The molecule has 1 fully saturated rings. The van der Waals surface area contributed by atoms with Crippen molar-refractivity contribution in [3.8, 4) is 5.75 Å². The number of hydrogen-bond donors (Lipinski definition) is 5. The lowest BCUT2D eigenvalue weighted by Gasteiger charge is -2.46. The largest absolute Gasteiger partial charge is 0.508 e. The van der Waals surface area contributed by atoms with Crippen LogP contribution >= 0.6 is 23.4 Å². The molecule has 0 radical (unpaired) electrons. The van der Waals surface area contributed by atoms with Gasteiger partial charge in [-0.05, 0) is 50.0 Å². The summed E-state index contributed by atoms with van der Waals surface area (Å²) in [6.45, 7) is 1.32. The number of piperidine rings is 1. The van der Waals surface area contributed by atoms with Crippen LogP contribution in [-0.2, 0) is 18.6 Å². The van der Waals surface area contributed by atoms with Crippen LogP contribution < -0.4 is 16.8 Å². The van der Waals surface area contributed by atoms with Gasteiger partial charge in [0, 0.05) is 22.1 Å². The molecule has 0 amide bonds. The molecule has 1 spiro atoms. The normalized spacial score (nSPS) is 21.3. The van der Waals surface area contributed by atoms with Gasteiger partial charge in [-0.25, -0.2) is 9.97 Å². The van der Waals surface area contributed by atoms with Gasteiger partial charge in [-0.3, -0.25) is 4.98 Å². The summed E-state index contributed by atoms with van der Waals surface area (Å²) in [6, 6.07) is 7.26. The molecule has 33 heavy (non-hydrogen) atoms. The number of phenols is 1. The van der Waals surface area contributed by atoms with E-state index in [2.05, 4.69) is 15.3 Å². The van der Waals surface area contributed by atoms with E-state index in [9.17, 15) is 10.2 Å². The maximum absolute atomic E-state index is 10.9. The summed E-state index contributed by atoms with van der Waals surface area (Å²) < 4.78 is 0. The monoisotopic (exact) mass is 484 g/mol. The summed E-state index contributed by atoms with van der Waals surface area (Å²) in [5.74, 6) is 0.383. The Balaban J connectivity index is 1.63. The van der Waals surface area contributed by atoms with Crippen LogP contribution in [0.2, 0.25) is 5.02 Å². The number of nitrogens with two attached hydrogens (primary N) is 2. The number of anilines is 1. The lowest BCUT2D eigenvalue weighted by Crippen LogP contribution is -2.56. The zero-order valence-electron chi connectivity index (χ0n) is 17.9. The molecular weight excluding hydrogens is 460 g/mol. The van der Waals surface area contributed by atoms with E-state index < -0.39 is 5.54 Å². The van der Waals surface area contributed by atoms with Crippen molar-refractivity contribution in [1.82, 2.24) is 20.3 Å². The van der Waals surface area contributed by atoms with Crippen LogP contribution in [0.5, 0.6) is 5.75 Å². The number of aromatic nitrogens is 3. The molecule has 1 aliphatic carbocycles. The fourth-order valence-corrected chi connectivity index (χ4v) is 6.37. The molecule has 1 atom stereocenters. The summed E-state index contributed by atoms with van der Waals surface area (Å²) in [7, 11) is 0. The van der Waals surface area contributed by atoms with Gasteiger partial charge in [0.15, 0.2) is 0 Å². The average Bonchev–Trinajstić information content (AvgIpc) is 3.06. The van der Waals surface area contributed by atoms with E-state index in [4.69, 9.17) is 28.1 Å². The molecular formula is C23H25ClN6O2S. The van der Waals surface area contributed by atoms with Gasteiger partial charge < -0.3 is 27.0 Å². The molecule has 3 heterocycles. The van der Waals surface area contributed by atoms with Crippen molar-refractivity contribution in [3.63, 3.8) is 0 Å². The van der Waals surface area contributed by atoms with Gasteiger partial charge in [0.05, 0.1) is 34.8 Å². The van der Waals surface area contributed by atoms with Crippen LogP contribution in [0, 0.1) is 5.41 Å². The SMILES string of the molecule is Nc1nccc(Sc2cnc([C@@]3(N)c4c(O)cccc4CC34CCNCC4)c(CO)n2)c1Cl. The first-order valence-electron chi connectivity index (χ1n) is 10.8. The maximum atomic E-state index is 10.9. The van der Waals surface area contributed by atoms with E-state index in [0.29, 0.717) is 31.9 Å². The molecule has 0 bridgehead atoms. The Morgan fingerprint density at radius 1 is 1.18 bits per heavy atom. The Morgan fingerprint density at radius 2 is 1.97 bits per heavy atom. The molecule has 5 rings (SSSR count). The van der Waals surface area contributed by atoms with Crippen molar-refractivity contribution in [2.24, 2.45) is 11.1 Å². The van der Waals surface area contributed by atoms with Gasteiger partial charge in [-0.1, -0.05) is 35.5 Å². The van der Waals surface area contributed by atoms with Crippen molar-refractivity contribution in [2.75, 3.05) is 18.8 Å². The van der Waals surface area contributed by atoms with Crippen LogP contribution in [-0.4, -0.2) is 38.3 Å². The Morgan fingerprint density at radius 3 is 2.73 bits per heavy atom. The number of phenolic OH excluding ortho intramolecular Hbond substituents is 1. The number of pyridine rings is 1. The first kappa shape index (κ1) is 22.4. The minimum absolute atomic E-state index is 0.147. The van der Waals surface area contributed by atoms with Gasteiger partial charge in [-0.15, -0.1) is 0 Å². The smallest absolute Gasteiger partial charge is 0.143 e. The number of aliphatic hydroxyl groups is 1. The van der Waals surface area contributed by atoms with Gasteiger partial charge in [-0.2, -0.15) is 0 Å². The second kappa shape index (κ2) is 8.41. The van der Waals surface area contributed by atoms with E-state index in [0.717, 1.165) is 37.9 Å². The van der Waals surface area contributed by atoms with Crippen LogP contribution in [0.4, 0.5) is 5.82 Å². The first-order valence-corrected chi connectivity index (χ1v) is 11.9. The minimum atomic E-state index is -1.08. The zero-order valence-corrected chi connectivity index (χ0v) is 19.5. The molecule has 7 N–H and O–H groups in total. The van der Waals surface area contributed by atoms with E-state index in [1.54, 1.807) is 24.5 Å². The fraction of sp³-hybridized carbons (Fsp3) is 0.348. The van der Waals surface area contributed by atoms with Crippen LogP contribution in [0.15, 0.2) is 46.6 Å². The van der Waals surface area contributed by atoms with Crippen LogP contribution in [0.25, 0.3) is 0 Å². The molecule has 2 aliphatic rings. The fourth-order valence-electron chi connectivity index (χ4n) is 5.34. The standard InChI is InChI=1S/C23H25ClN6O2S/c24-19-16(4-7-28-21(19)25)33-17-11-29-20(14(12-31)30-17)23(26)18-13(2-1-3-15(18)32)10-22(23)5-8-27-9-6-22/h1-4,7,11,27,31-32H,5-6,8-10,12,26H2,(H2,25,28)/t23-/m0/s1. The molecule has 8 nitrogen and oxygen atoms in total. The third kappa shape index (κ3) is 3.46. The number of nitrogen functional groups attached to an aromatic ring is 1.